The molecule has 0 bridgehead atoms. The van der Waals surface area contributed by atoms with Crippen LogP contribution in [0.3, 0.4) is 0 Å². The molecule has 0 unspecified atom stereocenters. The number of H-pyrrole nitrogens is 1. The molecule has 2 heterocycles. The molecule has 0 saturated carbocycles. The number of nitrogens with zero attached hydrogens (tertiary/aromatic N) is 3. The minimum atomic E-state index is -4.99. The lowest BCUT2D eigenvalue weighted by molar-refractivity contribution is -0.141. The fraction of sp³-hybridized carbons (Fsp3) is 0.174. The predicted octanol–water partition coefficient (Wildman–Crippen LogP) is 5.65. The first-order valence-corrected chi connectivity index (χ1v) is 12.6. The van der Waals surface area contributed by atoms with Crippen molar-refractivity contribution in [3.63, 3.8) is 0 Å². The van der Waals surface area contributed by atoms with Crippen molar-refractivity contribution in [1.82, 2.24) is 20.2 Å². The van der Waals surface area contributed by atoms with Crippen molar-refractivity contribution >= 4 is 27.3 Å². The number of halogens is 7. The van der Waals surface area contributed by atoms with Crippen molar-refractivity contribution in [3.05, 3.63) is 78.0 Å². The molecule has 212 valence electrons. The van der Waals surface area contributed by atoms with Gasteiger partial charge in [0.25, 0.3) is 0 Å². The highest BCUT2D eigenvalue weighted by Crippen LogP contribution is 2.33. The van der Waals surface area contributed by atoms with Gasteiger partial charge in [0.2, 0.25) is 10.0 Å². The van der Waals surface area contributed by atoms with Gasteiger partial charge in [-0.2, -0.15) is 31.4 Å². The summed E-state index contributed by atoms with van der Waals surface area (Å²) in [6.07, 6.45) is -8.24. The number of aromatic nitrogens is 4. The molecule has 3 N–H and O–H groups in total. The Bertz CT molecular complexity index is 1570. The monoisotopic (exact) mass is 590 g/mol. The van der Waals surface area contributed by atoms with E-state index in [4.69, 9.17) is 4.74 Å². The topological polar surface area (TPSA) is 122 Å². The molecule has 2 aromatic heterocycles. The largest absolute Gasteiger partial charge is 0.487 e. The second-order valence-electron chi connectivity index (χ2n) is 8.18. The number of alkyl halides is 6. The van der Waals surface area contributed by atoms with Gasteiger partial charge >= 0.3 is 12.4 Å². The SMILES string of the molecule is O=S(=O)(CC(F)(F)F)Nc1ccc(-c2cc(Nc3cnc(C(F)(F)F)cn3)n[nH]2)cc1OCc1ccc(F)cc1. The molecule has 0 aliphatic heterocycles. The van der Waals surface area contributed by atoms with Crippen LogP contribution in [0.2, 0.25) is 0 Å². The molecule has 0 radical (unpaired) electrons. The Hall–Kier alpha value is -4.41. The lowest BCUT2D eigenvalue weighted by atomic mass is 10.1. The van der Waals surface area contributed by atoms with Crippen molar-refractivity contribution in [2.24, 2.45) is 0 Å². The van der Waals surface area contributed by atoms with Crippen LogP contribution in [-0.4, -0.2) is 40.5 Å². The van der Waals surface area contributed by atoms with Crippen molar-refractivity contribution in [2.45, 2.75) is 19.0 Å². The molecule has 4 rings (SSSR count). The fourth-order valence-corrected chi connectivity index (χ4v) is 4.27. The molecule has 0 atom stereocenters. The highest BCUT2D eigenvalue weighted by molar-refractivity contribution is 7.92. The molecule has 0 aliphatic rings. The first kappa shape index (κ1) is 28.6. The summed E-state index contributed by atoms with van der Waals surface area (Å²) < 4.78 is 121. The Morgan fingerprint density at radius 3 is 2.25 bits per heavy atom. The molecule has 40 heavy (non-hydrogen) atoms. The van der Waals surface area contributed by atoms with E-state index in [1.807, 2.05) is 4.72 Å². The van der Waals surface area contributed by atoms with Gasteiger partial charge in [0.15, 0.2) is 17.3 Å². The molecule has 0 aliphatic carbocycles. The summed E-state index contributed by atoms with van der Waals surface area (Å²) in [6.45, 7) is -0.180. The van der Waals surface area contributed by atoms with E-state index in [2.05, 4.69) is 25.5 Å². The van der Waals surface area contributed by atoms with Crippen molar-refractivity contribution in [2.75, 3.05) is 15.8 Å². The molecule has 4 aromatic rings. The van der Waals surface area contributed by atoms with Crippen LogP contribution >= 0.6 is 0 Å². The number of benzene rings is 2. The van der Waals surface area contributed by atoms with Gasteiger partial charge in [-0.05, 0) is 29.8 Å². The van der Waals surface area contributed by atoms with E-state index in [0.717, 1.165) is 6.20 Å². The van der Waals surface area contributed by atoms with Gasteiger partial charge in [-0.15, -0.1) is 0 Å². The smallest absolute Gasteiger partial charge is 0.434 e. The van der Waals surface area contributed by atoms with Crippen LogP contribution in [-0.2, 0) is 22.8 Å². The van der Waals surface area contributed by atoms with E-state index in [1.165, 1.54) is 48.5 Å². The van der Waals surface area contributed by atoms with Gasteiger partial charge in [-0.1, -0.05) is 18.2 Å². The van der Waals surface area contributed by atoms with E-state index in [1.54, 1.807) is 0 Å². The molecule has 17 heteroatoms. The van der Waals surface area contributed by atoms with E-state index in [9.17, 15) is 39.2 Å². The van der Waals surface area contributed by atoms with E-state index in [0.29, 0.717) is 23.0 Å². The van der Waals surface area contributed by atoms with Gasteiger partial charge in [0.1, 0.15) is 24.0 Å². The number of hydrogen-bond donors (Lipinski definition) is 3. The first-order valence-electron chi connectivity index (χ1n) is 11.0. The van der Waals surface area contributed by atoms with Crippen LogP contribution in [0.25, 0.3) is 11.3 Å². The number of nitrogens with one attached hydrogen (secondary N) is 3. The summed E-state index contributed by atoms with van der Waals surface area (Å²) in [4.78, 5) is 6.91. The Morgan fingerprint density at radius 1 is 0.900 bits per heavy atom. The summed E-state index contributed by atoms with van der Waals surface area (Å²) in [5.74, 6) is -2.68. The van der Waals surface area contributed by atoms with Gasteiger partial charge < -0.3 is 10.1 Å². The lowest BCUT2D eigenvalue weighted by Gasteiger charge is -2.16. The summed E-state index contributed by atoms with van der Waals surface area (Å²) in [5.41, 5.74) is -0.305. The average Bonchev–Trinajstić information content (AvgIpc) is 3.31. The predicted molar refractivity (Wildman–Crippen MR) is 129 cm³/mol. The third kappa shape index (κ3) is 7.81. The average molecular weight is 590 g/mol. The van der Waals surface area contributed by atoms with Crippen molar-refractivity contribution in [1.29, 1.82) is 0 Å². The zero-order valence-electron chi connectivity index (χ0n) is 19.8. The molecule has 0 amide bonds. The maximum absolute atomic E-state index is 13.2. The Balaban J connectivity index is 1.58. The normalized spacial score (nSPS) is 12.3. The summed E-state index contributed by atoms with van der Waals surface area (Å²) in [6, 6.07) is 10.5. The van der Waals surface area contributed by atoms with Crippen LogP contribution in [0.15, 0.2) is 60.9 Å². The number of aromatic amines is 1. The lowest BCUT2D eigenvalue weighted by Crippen LogP contribution is -2.28. The zero-order chi connectivity index (χ0) is 29.1. The van der Waals surface area contributed by atoms with Gasteiger partial charge in [-0.3, -0.25) is 9.82 Å². The quantitative estimate of drug-likeness (QED) is 0.215. The number of ether oxygens (including phenoxy) is 1. The van der Waals surface area contributed by atoms with Crippen molar-refractivity contribution < 1.29 is 43.9 Å². The number of rotatable bonds is 9. The van der Waals surface area contributed by atoms with E-state index in [-0.39, 0.29) is 29.7 Å². The van der Waals surface area contributed by atoms with Crippen LogP contribution in [0.5, 0.6) is 5.75 Å². The van der Waals surface area contributed by atoms with Crippen LogP contribution in [0, 0.1) is 5.82 Å². The van der Waals surface area contributed by atoms with Gasteiger partial charge in [0, 0.05) is 11.6 Å². The first-order chi connectivity index (χ1) is 18.7. The number of anilines is 3. The third-order valence-corrected chi connectivity index (χ3v) is 6.23. The third-order valence-electron chi connectivity index (χ3n) is 5.00. The maximum Gasteiger partial charge on any atom is 0.434 e. The van der Waals surface area contributed by atoms with Crippen LogP contribution in [0.4, 0.5) is 48.1 Å². The number of hydrogen-bond acceptors (Lipinski definition) is 7. The van der Waals surface area contributed by atoms with Gasteiger partial charge in [0.05, 0.1) is 23.8 Å². The minimum absolute atomic E-state index is 0.0382. The molecule has 0 fully saturated rings. The molecule has 9 nitrogen and oxygen atoms in total. The second-order valence-corrected chi connectivity index (χ2v) is 9.90. The van der Waals surface area contributed by atoms with Gasteiger partial charge in [-0.25, -0.2) is 22.8 Å². The Labute approximate surface area is 221 Å². The van der Waals surface area contributed by atoms with Crippen LogP contribution < -0.4 is 14.8 Å². The van der Waals surface area contributed by atoms with E-state index < -0.39 is 39.6 Å². The zero-order valence-corrected chi connectivity index (χ0v) is 20.6. The summed E-state index contributed by atoms with van der Waals surface area (Å²) >= 11 is 0. The highest BCUT2D eigenvalue weighted by atomic mass is 32.2. The maximum atomic E-state index is 13.2. The molecule has 0 spiro atoms. The second kappa shape index (κ2) is 11.0. The summed E-state index contributed by atoms with van der Waals surface area (Å²) in [5, 5.41) is 9.29. The molecular formula is C23H17F7N6O3S. The minimum Gasteiger partial charge on any atom is -0.487 e. The number of sulfonamides is 1. The fourth-order valence-electron chi connectivity index (χ4n) is 3.26. The standard InChI is InChI=1S/C23H17F7N6O3S/c24-15-4-1-13(2-5-15)11-39-18-7-14(3-6-16(18)36-40(37,38)12-22(25,26)27)17-8-20(35-34-17)33-21-10-31-19(9-32-21)23(28,29)30/h1-10,36H,11-12H2,(H2,32,33,34,35). The Morgan fingerprint density at radius 2 is 1.62 bits per heavy atom. The van der Waals surface area contributed by atoms with E-state index >= 15 is 0 Å². The highest BCUT2D eigenvalue weighted by Gasteiger charge is 2.35. The molecule has 2 aromatic carbocycles. The molecular weight excluding hydrogens is 573 g/mol. The van der Waals surface area contributed by atoms with Crippen molar-refractivity contribution in [3.8, 4) is 17.0 Å². The summed E-state index contributed by atoms with van der Waals surface area (Å²) in [7, 11) is -4.84. The molecule has 0 saturated heterocycles. The van der Waals surface area contributed by atoms with Crippen LogP contribution in [0.1, 0.15) is 11.3 Å². The Kier molecular flexibility index (Phi) is 7.86.